The Morgan fingerprint density at radius 3 is 2.55 bits per heavy atom. The van der Waals surface area contributed by atoms with Gasteiger partial charge in [-0.25, -0.2) is 4.39 Å². The van der Waals surface area contributed by atoms with Crippen LogP contribution in [0.1, 0.15) is 37.8 Å². The van der Waals surface area contributed by atoms with Gasteiger partial charge in [-0.15, -0.1) is 0 Å². The van der Waals surface area contributed by atoms with Crippen LogP contribution in [-0.2, 0) is 16.1 Å². The molecule has 1 unspecified atom stereocenters. The molecule has 0 saturated carbocycles. The maximum absolute atomic E-state index is 13.2. The Bertz CT molecular complexity index is 808. The topological polar surface area (TPSA) is 58.6 Å². The van der Waals surface area contributed by atoms with Crippen molar-refractivity contribution in [3.63, 3.8) is 0 Å². The molecule has 0 aromatic heterocycles. The number of unbranched alkanes of at least 4 members (excludes halogenated alkanes) is 1. The van der Waals surface area contributed by atoms with Crippen LogP contribution in [0.2, 0.25) is 0 Å². The van der Waals surface area contributed by atoms with Gasteiger partial charge in [0, 0.05) is 13.1 Å². The maximum Gasteiger partial charge on any atom is 0.261 e. The lowest BCUT2D eigenvalue weighted by atomic mass is 10.1. The molecular weight excluding hydrogens is 371 g/mol. The van der Waals surface area contributed by atoms with Gasteiger partial charge in [-0.3, -0.25) is 9.59 Å². The van der Waals surface area contributed by atoms with Crippen molar-refractivity contribution >= 4 is 11.8 Å². The average Bonchev–Trinajstić information content (AvgIpc) is 2.71. The summed E-state index contributed by atoms with van der Waals surface area (Å²) in [6.07, 6.45) is 1.85. The summed E-state index contributed by atoms with van der Waals surface area (Å²) in [6.45, 7) is 6.25. The average molecular weight is 400 g/mol. The van der Waals surface area contributed by atoms with Gasteiger partial charge in [0.1, 0.15) is 17.6 Å². The molecule has 1 N–H and O–H groups in total. The Kier molecular flexibility index (Phi) is 8.65. The number of aryl methyl sites for hydroxylation is 1. The van der Waals surface area contributed by atoms with Crippen LogP contribution in [0.5, 0.6) is 5.75 Å². The number of rotatable bonds is 10. The van der Waals surface area contributed by atoms with E-state index in [-0.39, 0.29) is 30.8 Å². The molecule has 6 heteroatoms. The Labute approximate surface area is 171 Å². The number of nitrogens with zero attached hydrogens (tertiary/aromatic N) is 1. The van der Waals surface area contributed by atoms with Gasteiger partial charge >= 0.3 is 0 Å². The number of amides is 2. The number of carbonyl (C=O) groups excluding carboxylic acids is 2. The highest BCUT2D eigenvalue weighted by molar-refractivity contribution is 5.87. The van der Waals surface area contributed by atoms with Crippen molar-refractivity contribution in [3.8, 4) is 5.75 Å². The molecule has 5 nitrogen and oxygen atoms in total. The number of nitrogens with one attached hydrogen (secondary N) is 1. The number of hydrogen-bond acceptors (Lipinski definition) is 3. The quantitative estimate of drug-likeness (QED) is 0.617. The van der Waals surface area contributed by atoms with Crippen LogP contribution in [0.4, 0.5) is 4.39 Å². The highest BCUT2D eigenvalue weighted by Gasteiger charge is 2.26. The summed E-state index contributed by atoms with van der Waals surface area (Å²) < 4.78 is 18.9. The molecule has 0 aliphatic carbocycles. The normalized spacial score (nSPS) is 11.6. The fourth-order valence-electron chi connectivity index (χ4n) is 2.84. The summed E-state index contributed by atoms with van der Waals surface area (Å²) in [5.74, 6) is -0.279. The SMILES string of the molecule is CCCCNC(=O)C(C)N(Cc1ccc(F)cc1)C(=O)COc1cccc(C)c1. The van der Waals surface area contributed by atoms with E-state index in [0.717, 1.165) is 24.0 Å². The minimum atomic E-state index is -0.675. The van der Waals surface area contributed by atoms with E-state index in [4.69, 9.17) is 4.74 Å². The second-order valence-corrected chi connectivity index (χ2v) is 7.07. The van der Waals surface area contributed by atoms with Gasteiger partial charge in [0.05, 0.1) is 0 Å². The van der Waals surface area contributed by atoms with Crippen LogP contribution < -0.4 is 10.1 Å². The zero-order valence-corrected chi connectivity index (χ0v) is 17.3. The van der Waals surface area contributed by atoms with Crippen molar-refractivity contribution in [1.29, 1.82) is 0 Å². The second-order valence-electron chi connectivity index (χ2n) is 7.07. The van der Waals surface area contributed by atoms with Crippen LogP contribution in [-0.4, -0.2) is 35.9 Å². The third kappa shape index (κ3) is 7.22. The van der Waals surface area contributed by atoms with Crippen molar-refractivity contribution in [2.24, 2.45) is 0 Å². The number of benzene rings is 2. The fraction of sp³-hybridized carbons (Fsp3) is 0.391. The monoisotopic (exact) mass is 400 g/mol. The molecule has 0 aliphatic heterocycles. The summed E-state index contributed by atoms with van der Waals surface area (Å²) >= 11 is 0. The molecule has 2 aromatic rings. The van der Waals surface area contributed by atoms with Gasteiger partial charge in [-0.1, -0.05) is 37.6 Å². The predicted molar refractivity (Wildman–Crippen MR) is 111 cm³/mol. The zero-order valence-electron chi connectivity index (χ0n) is 17.3. The van der Waals surface area contributed by atoms with E-state index in [1.54, 1.807) is 25.1 Å². The molecule has 2 amide bonds. The van der Waals surface area contributed by atoms with E-state index >= 15 is 0 Å². The summed E-state index contributed by atoms with van der Waals surface area (Å²) in [7, 11) is 0. The van der Waals surface area contributed by atoms with E-state index in [1.807, 2.05) is 32.0 Å². The van der Waals surface area contributed by atoms with E-state index in [1.165, 1.54) is 17.0 Å². The number of hydrogen-bond donors (Lipinski definition) is 1. The number of ether oxygens (including phenoxy) is 1. The van der Waals surface area contributed by atoms with Gasteiger partial charge < -0.3 is 15.0 Å². The third-order valence-corrected chi connectivity index (χ3v) is 4.61. The van der Waals surface area contributed by atoms with Crippen molar-refractivity contribution in [2.45, 2.75) is 46.2 Å². The Morgan fingerprint density at radius 1 is 1.17 bits per heavy atom. The minimum Gasteiger partial charge on any atom is -0.484 e. The van der Waals surface area contributed by atoms with Crippen molar-refractivity contribution in [2.75, 3.05) is 13.2 Å². The first kappa shape index (κ1) is 22.4. The van der Waals surface area contributed by atoms with Gasteiger partial charge in [-0.2, -0.15) is 0 Å². The lowest BCUT2D eigenvalue weighted by Gasteiger charge is -2.28. The molecule has 0 heterocycles. The van der Waals surface area contributed by atoms with E-state index in [0.29, 0.717) is 12.3 Å². The van der Waals surface area contributed by atoms with Crippen molar-refractivity contribution in [3.05, 3.63) is 65.5 Å². The molecule has 156 valence electrons. The summed E-state index contributed by atoms with van der Waals surface area (Å²) in [5.41, 5.74) is 1.77. The van der Waals surface area contributed by atoms with Crippen LogP contribution in [0.15, 0.2) is 48.5 Å². The molecule has 0 aliphatic rings. The van der Waals surface area contributed by atoms with E-state index in [9.17, 15) is 14.0 Å². The Hall–Kier alpha value is -2.89. The van der Waals surface area contributed by atoms with Crippen LogP contribution in [0, 0.1) is 12.7 Å². The van der Waals surface area contributed by atoms with Crippen molar-refractivity contribution < 1.29 is 18.7 Å². The number of carbonyl (C=O) groups is 2. The second kappa shape index (κ2) is 11.2. The highest BCUT2D eigenvalue weighted by atomic mass is 19.1. The molecule has 0 spiro atoms. The fourth-order valence-corrected chi connectivity index (χ4v) is 2.84. The van der Waals surface area contributed by atoms with Crippen LogP contribution in [0.25, 0.3) is 0 Å². The van der Waals surface area contributed by atoms with Crippen LogP contribution >= 0.6 is 0 Å². The number of halogens is 1. The maximum atomic E-state index is 13.2. The molecule has 2 rings (SSSR count). The Balaban J connectivity index is 2.10. The lowest BCUT2D eigenvalue weighted by molar-refractivity contribution is -0.142. The third-order valence-electron chi connectivity index (χ3n) is 4.61. The molecule has 0 fully saturated rings. The standard InChI is InChI=1S/C23H29FN2O3/c1-4-5-13-25-23(28)18(3)26(15-19-9-11-20(24)12-10-19)22(27)16-29-21-8-6-7-17(2)14-21/h6-12,14,18H,4-5,13,15-16H2,1-3H3,(H,25,28). The Morgan fingerprint density at radius 2 is 1.90 bits per heavy atom. The van der Waals surface area contributed by atoms with Crippen LogP contribution in [0.3, 0.4) is 0 Å². The summed E-state index contributed by atoms with van der Waals surface area (Å²) in [4.78, 5) is 26.9. The molecule has 29 heavy (non-hydrogen) atoms. The zero-order chi connectivity index (χ0) is 21.2. The first-order valence-electron chi connectivity index (χ1n) is 9.91. The minimum absolute atomic E-state index is 0.183. The first-order chi connectivity index (χ1) is 13.9. The van der Waals surface area contributed by atoms with E-state index < -0.39 is 6.04 Å². The predicted octanol–water partition coefficient (Wildman–Crippen LogP) is 3.85. The molecular formula is C23H29FN2O3. The van der Waals surface area contributed by atoms with E-state index in [2.05, 4.69) is 5.32 Å². The summed E-state index contributed by atoms with van der Waals surface area (Å²) in [5, 5.41) is 2.86. The van der Waals surface area contributed by atoms with Gasteiger partial charge in [0.15, 0.2) is 6.61 Å². The first-order valence-corrected chi connectivity index (χ1v) is 9.91. The van der Waals surface area contributed by atoms with Crippen molar-refractivity contribution in [1.82, 2.24) is 10.2 Å². The molecule has 0 bridgehead atoms. The smallest absolute Gasteiger partial charge is 0.261 e. The van der Waals surface area contributed by atoms with Gasteiger partial charge in [0.25, 0.3) is 5.91 Å². The molecule has 2 aromatic carbocycles. The van der Waals surface area contributed by atoms with Gasteiger partial charge in [-0.05, 0) is 55.7 Å². The molecule has 1 atom stereocenters. The summed E-state index contributed by atoms with van der Waals surface area (Å²) in [6, 6.07) is 12.7. The van der Waals surface area contributed by atoms with Gasteiger partial charge in [0.2, 0.25) is 5.91 Å². The highest BCUT2D eigenvalue weighted by Crippen LogP contribution is 2.14. The molecule has 0 radical (unpaired) electrons. The molecule has 0 saturated heterocycles. The lowest BCUT2D eigenvalue weighted by Crippen LogP contribution is -2.49. The largest absolute Gasteiger partial charge is 0.484 e.